The third kappa shape index (κ3) is 2.86. The van der Waals surface area contributed by atoms with Crippen LogP contribution in [0.25, 0.3) is 22.5 Å². The minimum atomic E-state index is 0.810. The van der Waals surface area contributed by atoms with Crippen LogP contribution in [0, 0.1) is 0 Å². The van der Waals surface area contributed by atoms with Crippen molar-refractivity contribution in [2.45, 2.75) is 6.54 Å². The van der Waals surface area contributed by atoms with Gasteiger partial charge in [-0.2, -0.15) is 0 Å². The van der Waals surface area contributed by atoms with Gasteiger partial charge >= 0.3 is 0 Å². The molecule has 0 fully saturated rings. The topological polar surface area (TPSA) is 17.8 Å². The summed E-state index contributed by atoms with van der Waals surface area (Å²) in [5, 5.41) is 0. The summed E-state index contributed by atoms with van der Waals surface area (Å²) >= 11 is 0. The Balaban J connectivity index is 1.84. The highest BCUT2D eigenvalue weighted by molar-refractivity contribution is 5.78. The monoisotopic (exact) mass is 310 g/mol. The van der Waals surface area contributed by atoms with Gasteiger partial charge in [-0.1, -0.05) is 91.0 Å². The normalized spacial score (nSPS) is 10.7. The van der Waals surface area contributed by atoms with Crippen LogP contribution in [0.5, 0.6) is 0 Å². The molecule has 116 valence electrons. The van der Waals surface area contributed by atoms with E-state index in [0.29, 0.717) is 0 Å². The Kier molecular flexibility index (Phi) is 3.95. The van der Waals surface area contributed by atoms with Gasteiger partial charge in [-0.3, -0.25) is 0 Å². The third-order valence-electron chi connectivity index (χ3n) is 4.13. The summed E-state index contributed by atoms with van der Waals surface area (Å²) in [6.45, 7) is 0.810. The van der Waals surface area contributed by atoms with Crippen LogP contribution in [0.1, 0.15) is 5.56 Å². The summed E-state index contributed by atoms with van der Waals surface area (Å²) in [4.78, 5) is 4.72. The molecule has 2 nitrogen and oxygen atoms in total. The van der Waals surface area contributed by atoms with E-state index >= 15 is 0 Å². The highest BCUT2D eigenvalue weighted by Gasteiger charge is 2.14. The minimum absolute atomic E-state index is 0.810. The molecule has 0 bridgehead atoms. The predicted octanol–water partition coefficient (Wildman–Crippen LogP) is 5.27. The second-order valence-electron chi connectivity index (χ2n) is 5.79. The smallest absolute Gasteiger partial charge is 0.0963 e. The van der Waals surface area contributed by atoms with Crippen LogP contribution in [0.15, 0.2) is 97.3 Å². The van der Waals surface area contributed by atoms with E-state index in [-0.39, 0.29) is 0 Å². The Morgan fingerprint density at radius 3 is 1.79 bits per heavy atom. The van der Waals surface area contributed by atoms with E-state index in [9.17, 15) is 0 Å². The average Bonchev–Trinajstić information content (AvgIpc) is 3.07. The zero-order chi connectivity index (χ0) is 16.2. The van der Waals surface area contributed by atoms with E-state index in [4.69, 9.17) is 4.98 Å². The van der Waals surface area contributed by atoms with Gasteiger partial charge in [-0.15, -0.1) is 0 Å². The molecule has 4 aromatic rings. The molecule has 0 spiro atoms. The van der Waals surface area contributed by atoms with E-state index in [2.05, 4.69) is 77.4 Å². The van der Waals surface area contributed by atoms with Gasteiger partial charge in [0.15, 0.2) is 0 Å². The van der Waals surface area contributed by atoms with Gasteiger partial charge in [0.25, 0.3) is 0 Å². The molecule has 0 saturated heterocycles. The minimum Gasteiger partial charge on any atom is -0.326 e. The molecule has 2 heteroatoms. The number of nitrogens with zero attached hydrogens (tertiary/aromatic N) is 2. The molecule has 0 atom stereocenters. The lowest BCUT2D eigenvalue weighted by molar-refractivity contribution is 0.805. The molecule has 1 aromatic heterocycles. The molecule has 0 saturated carbocycles. The van der Waals surface area contributed by atoms with Crippen LogP contribution in [0.4, 0.5) is 0 Å². The van der Waals surface area contributed by atoms with E-state index < -0.39 is 0 Å². The lowest BCUT2D eigenvalue weighted by atomic mass is 10.0. The first kappa shape index (κ1) is 14.5. The summed E-state index contributed by atoms with van der Waals surface area (Å²) in [6.07, 6.45) is 1.94. The standard InChI is InChI=1S/C22H18N2/c1-4-10-18(11-5-1)16-24-17-23-21(19-12-6-2-7-13-19)22(24)20-14-8-3-9-15-20/h1-15,17H,16H2. The zero-order valence-corrected chi connectivity index (χ0v) is 13.3. The number of hydrogen-bond acceptors (Lipinski definition) is 1. The first-order valence-corrected chi connectivity index (χ1v) is 8.12. The fourth-order valence-electron chi connectivity index (χ4n) is 2.99. The van der Waals surface area contributed by atoms with E-state index in [1.807, 2.05) is 24.5 Å². The van der Waals surface area contributed by atoms with Crippen LogP contribution in [0.3, 0.4) is 0 Å². The number of hydrogen-bond donors (Lipinski definition) is 0. The molecule has 0 amide bonds. The maximum Gasteiger partial charge on any atom is 0.0963 e. The summed E-state index contributed by atoms with van der Waals surface area (Å²) < 4.78 is 2.23. The average molecular weight is 310 g/mol. The van der Waals surface area contributed by atoms with Gasteiger partial charge in [0.2, 0.25) is 0 Å². The third-order valence-corrected chi connectivity index (χ3v) is 4.13. The van der Waals surface area contributed by atoms with Crippen molar-refractivity contribution in [2.75, 3.05) is 0 Å². The van der Waals surface area contributed by atoms with Crippen LogP contribution in [-0.2, 0) is 6.54 Å². The molecular formula is C22H18N2. The Bertz CT molecular complexity index is 910. The van der Waals surface area contributed by atoms with Crippen molar-refractivity contribution in [3.05, 3.63) is 103 Å². The molecule has 0 aliphatic carbocycles. The summed E-state index contributed by atoms with van der Waals surface area (Å²) in [5.41, 5.74) is 5.78. The van der Waals surface area contributed by atoms with Crippen molar-refractivity contribution < 1.29 is 0 Å². The Morgan fingerprint density at radius 2 is 1.17 bits per heavy atom. The van der Waals surface area contributed by atoms with Gasteiger partial charge in [0.1, 0.15) is 0 Å². The summed E-state index contributed by atoms with van der Waals surface area (Å²) in [7, 11) is 0. The van der Waals surface area contributed by atoms with E-state index in [1.165, 1.54) is 11.1 Å². The summed E-state index contributed by atoms with van der Waals surface area (Å²) in [5.74, 6) is 0. The van der Waals surface area contributed by atoms with Crippen LogP contribution in [-0.4, -0.2) is 9.55 Å². The molecule has 0 N–H and O–H groups in total. The second-order valence-corrected chi connectivity index (χ2v) is 5.79. The largest absolute Gasteiger partial charge is 0.326 e. The molecule has 1 heterocycles. The van der Waals surface area contributed by atoms with Crippen molar-refractivity contribution in [3.63, 3.8) is 0 Å². The van der Waals surface area contributed by atoms with Gasteiger partial charge in [-0.05, 0) is 5.56 Å². The zero-order valence-electron chi connectivity index (χ0n) is 13.3. The Labute approximate surface area is 142 Å². The van der Waals surface area contributed by atoms with Crippen LogP contribution < -0.4 is 0 Å². The van der Waals surface area contributed by atoms with Gasteiger partial charge in [0.05, 0.1) is 17.7 Å². The van der Waals surface area contributed by atoms with Crippen molar-refractivity contribution in [3.8, 4) is 22.5 Å². The number of aromatic nitrogens is 2. The molecule has 0 aliphatic heterocycles. The number of imidazole rings is 1. The van der Waals surface area contributed by atoms with Crippen molar-refractivity contribution >= 4 is 0 Å². The molecule has 4 rings (SSSR count). The lowest BCUT2D eigenvalue weighted by Gasteiger charge is -2.11. The molecule has 3 aromatic carbocycles. The maximum absolute atomic E-state index is 4.72. The first-order valence-electron chi connectivity index (χ1n) is 8.12. The quantitative estimate of drug-likeness (QED) is 0.502. The van der Waals surface area contributed by atoms with Gasteiger partial charge in [0, 0.05) is 17.7 Å². The number of rotatable bonds is 4. The molecule has 24 heavy (non-hydrogen) atoms. The summed E-state index contributed by atoms with van der Waals surface area (Å²) in [6, 6.07) is 31.3. The highest BCUT2D eigenvalue weighted by Crippen LogP contribution is 2.31. The Morgan fingerprint density at radius 1 is 0.625 bits per heavy atom. The number of benzene rings is 3. The van der Waals surface area contributed by atoms with Crippen molar-refractivity contribution in [2.24, 2.45) is 0 Å². The second kappa shape index (κ2) is 6.55. The fraction of sp³-hybridized carbons (Fsp3) is 0.0455. The maximum atomic E-state index is 4.72. The predicted molar refractivity (Wildman–Crippen MR) is 98.6 cm³/mol. The molecule has 0 unspecified atom stereocenters. The van der Waals surface area contributed by atoms with E-state index in [1.54, 1.807) is 0 Å². The van der Waals surface area contributed by atoms with Crippen molar-refractivity contribution in [1.82, 2.24) is 9.55 Å². The van der Waals surface area contributed by atoms with E-state index in [0.717, 1.165) is 23.5 Å². The van der Waals surface area contributed by atoms with Gasteiger partial charge in [-0.25, -0.2) is 4.98 Å². The molecule has 0 aliphatic rings. The molecule has 0 radical (unpaired) electrons. The Hall–Kier alpha value is -3.13. The fourth-order valence-corrected chi connectivity index (χ4v) is 2.99. The van der Waals surface area contributed by atoms with Crippen LogP contribution in [0.2, 0.25) is 0 Å². The first-order chi connectivity index (χ1) is 11.9. The SMILES string of the molecule is c1ccc(Cn2cnc(-c3ccccc3)c2-c2ccccc2)cc1. The van der Waals surface area contributed by atoms with Crippen molar-refractivity contribution in [1.29, 1.82) is 0 Å². The lowest BCUT2D eigenvalue weighted by Crippen LogP contribution is -2.00. The molecular weight excluding hydrogens is 292 g/mol. The highest BCUT2D eigenvalue weighted by atomic mass is 15.1. The van der Waals surface area contributed by atoms with Crippen LogP contribution >= 0.6 is 0 Å². The van der Waals surface area contributed by atoms with Gasteiger partial charge < -0.3 is 4.57 Å².